The van der Waals surface area contributed by atoms with Gasteiger partial charge in [-0.25, -0.2) is 9.50 Å². The molecule has 0 amide bonds. The summed E-state index contributed by atoms with van der Waals surface area (Å²) in [6, 6.07) is 8.55. The Bertz CT molecular complexity index is 1290. The first-order valence-electron chi connectivity index (χ1n) is 11.0. The molecule has 0 atom stereocenters. The van der Waals surface area contributed by atoms with Crippen molar-refractivity contribution in [2.45, 2.75) is 0 Å². The second-order valence-corrected chi connectivity index (χ2v) is 9.22. The van der Waals surface area contributed by atoms with Crippen LogP contribution in [-0.2, 0) is 7.05 Å². The molecule has 4 aromatic rings. The number of pyridine rings is 2. The van der Waals surface area contributed by atoms with Crippen molar-refractivity contribution in [3.05, 3.63) is 54.7 Å². The molecule has 1 saturated heterocycles. The molecule has 0 aliphatic carbocycles. The van der Waals surface area contributed by atoms with Crippen LogP contribution in [0.25, 0.3) is 27.8 Å². The maximum atomic E-state index is 9.63. The smallest absolute Gasteiger partial charge is 0.128 e. The van der Waals surface area contributed by atoms with Gasteiger partial charge >= 0.3 is 0 Å². The quantitative estimate of drug-likeness (QED) is 0.439. The number of aryl methyl sites for hydroxylation is 1. The van der Waals surface area contributed by atoms with Crippen LogP contribution in [0, 0.1) is 11.3 Å². The van der Waals surface area contributed by atoms with E-state index in [0.717, 1.165) is 66.3 Å². The van der Waals surface area contributed by atoms with Crippen molar-refractivity contribution in [2.24, 2.45) is 7.05 Å². The average molecular weight is 459 g/mol. The highest BCUT2D eigenvalue weighted by Gasteiger charge is 2.19. The lowest BCUT2D eigenvalue weighted by atomic mass is 10.0. The lowest BCUT2D eigenvalue weighted by Crippen LogP contribution is -2.47. The third kappa shape index (κ3) is 4.32. The van der Waals surface area contributed by atoms with Crippen molar-refractivity contribution in [1.29, 1.82) is 5.26 Å². The van der Waals surface area contributed by atoms with Crippen molar-refractivity contribution in [1.82, 2.24) is 29.3 Å². The number of nitriles is 1. The number of anilines is 1. The molecule has 0 aromatic carbocycles. The van der Waals surface area contributed by atoms with E-state index in [1.54, 1.807) is 15.4 Å². The van der Waals surface area contributed by atoms with E-state index in [-0.39, 0.29) is 0 Å². The summed E-state index contributed by atoms with van der Waals surface area (Å²) in [7, 11) is 1.90. The number of fused-ring (bicyclic) bond motifs is 1. The summed E-state index contributed by atoms with van der Waals surface area (Å²) < 4.78 is 3.55. The summed E-state index contributed by atoms with van der Waals surface area (Å²) in [4.78, 5) is 9.66. The van der Waals surface area contributed by atoms with Gasteiger partial charge in [-0.1, -0.05) is 0 Å². The second-order valence-electron chi connectivity index (χ2n) is 8.23. The van der Waals surface area contributed by atoms with Crippen LogP contribution in [0.2, 0.25) is 0 Å². The molecule has 0 saturated carbocycles. The molecular weight excluding hydrogens is 432 g/mol. The SMILES string of the molecule is CSCCN1CCN(c2ccc(-c3cc(-c4cnn(C)c4)cn4ncc(C#N)c34)cn2)CC1. The summed E-state index contributed by atoms with van der Waals surface area (Å²) in [6.07, 6.45) is 11.4. The summed E-state index contributed by atoms with van der Waals surface area (Å²) in [5, 5.41) is 18.3. The maximum absolute atomic E-state index is 9.63. The number of hydrogen-bond donors (Lipinski definition) is 0. The Morgan fingerprint density at radius 1 is 1.00 bits per heavy atom. The van der Waals surface area contributed by atoms with Crippen molar-refractivity contribution in [3.63, 3.8) is 0 Å². The minimum absolute atomic E-state index is 0.549. The average Bonchev–Trinajstić information content (AvgIpc) is 3.48. The molecule has 9 heteroatoms. The van der Waals surface area contributed by atoms with E-state index in [2.05, 4.69) is 50.5 Å². The Labute approximate surface area is 197 Å². The molecule has 5 rings (SSSR count). The molecule has 1 aliphatic heterocycles. The van der Waals surface area contributed by atoms with Crippen LogP contribution in [0.15, 0.2) is 49.2 Å². The Balaban J connectivity index is 1.45. The molecule has 168 valence electrons. The van der Waals surface area contributed by atoms with Gasteiger partial charge in [0.1, 0.15) is 11.9 Å². The number of rotatable bonds is 6. The molecule has 4 aromatic heterocycles. The van der Waals surface area contributed by atoms with Gasteiger partial charge < -0.3 is 4.90 Å². The molecule has 5 heterocycles. The first-order chi connectivity index (χ1) is 16.2. The molecule has 33 heavy (non-hydrogen) atoms. The minimum Gasteiger partial charge on any atom is -0.354 e. The second kappa shape index (κ2) is 9.25. The van der Waals surface area contributed by atoms with Crippen molar-refractivity contribution >= 4 is 23.1 Å². The van der Waals surface area contributed by atoms with Gasteiger partial charge in [0, 0.05) is 86.4 Å². The summed E-state index contributed by atoms with van der Waals surface area (Å²) in [5.74, 6) is 2.18. The fourth-order valence-electron chi connectivity index (χ4n) is 4.30. The third-order valence-electron chi connectivity index (χ3n) is 6.14. The third-order valence-corrected chi connectivity index (χ3v) is 6.73. The van der Waals surface area contributed by atoms with Crippen molar-refractivity contribution < 1.29 is 0 Å². The lowest BCUT2D eigenvalue weighted by molar-refractivity contribution is 0.273. The Kier molecular flexibility index (Phi) is 6.03. The van der Waals surface area contributed by atoms with Gasteiger partial charge in [-0.05, 0) is 24.5 Å². The fraction of sp³-hybridized carbons (Fsp3) is 0.333. The number of thioether (sulfide) groups is 1. The van der Waals surface area contributed by atoms with Crippen molar-refractivity contribution in [3.8, 4) is 28.3 Å². The van der Waals surface area contributed by atoms with Crippen LogP contribution < -0.4 is 4.90 Å². The van der Waals surface area contributed by atoms with Gasteiger partial charge in [0.05, 0.1) is 23.5 Å². The van der Waals surface area contributed by atoms with Crippen LogP contribution in [0.5, 0.6) is 0 Å². The highest BCUT2D eigenvalue weighted by molar-refractivity contribution is 7.98. The Hall–Kier alpha value is -3.35. The number of piperazine rings is 1. The van der Waals surface area contributed by atoms with Gasteiger partial charge in [0.25, 0.3) is 0 Å². The molecule has 0 radical (unpaired) electrons. The van der Waals surface area contributed by atoms with Gasteiger partial charge in [-0.15, -0.1) is 0 Å². The monoisotopic (exact) mass is 458 g/mol. The van der Waals surface area contributed by atoms with Crippen LogP contribution in [0.1, 0.15) is 5.56 Å². The van der Waals surface area contributed by atoms with Crippen LogP contribution in [-0.4, -0.2) is 74.0 Å². The highest BCUT2D eigenvalue weighted by Crippen LogP contribution is 2.32. The van der Waals surface area contributed by atoms with Gasteiger partial charge in [-0.2, -0.15) is 27.2 Å². The van der Waals surface area contributed by atoms with E-state index in [1.807, 2.05) is 43.6 Å². The number of nitrogens with zero attached hydrogens (tertiary/aromatic N) is 8. The molecular formula is C24H26N8S. The molecule has 0 spiro atoms. The van der Waals surface area contributed by atoms with E-state index >= 15 is 0 Å². The largest absolute Gasteiger partial charge is 0.354 e. The maximum Gasteiger partial charge on any atom is 0.128 e. The number of hydrogen-bond acceptors (Lipinski definition) is 7. The molecule has 0 N–H and O–H groups in total. The van der Waals surface area contributed by atoms with E-state index in [9.17, 15) is 5.26 Å². The predicted molar refractivity (Wildman–Crippen MR) is 132 cm³/mol. The fourth-order valence-corrected chi connectivity index (χ4v) is 4.75. The van der Waals surface area contributed by atoms with Gasteiger partial charge in [-0.3, -0.25) is 9.58 Å². The molecule has 1 aliphatic rings. The first kappa shape index (κ1) is 21.5. The summed E-state index contributed by atoms with van der Waals surface area (Å²) in [6.45, 7) is 5.26. The minimum atomic E-state index is 0.549. The predicted octanol–water partition coefficient (Wildman–Crippen LogP) is 3.15. The summed E-state index contributed by atoms with van der Waals surface area (Å²) >= 11 is 1.90. The van der Waals surface area contributed by atoms with Crippen LogP contribution in [0.4, 0.5) is 5.82 Å². The highest BCUT2D eigenvalue weighted by atomic mass is 32.2. The molecule has 0 bridgehead atoms. The lowest BCUT2D eigenvalue weighted by Gasteiger charge is -2.35. The Morgan fingerprint density at radius 2 is 1.85 bits per heavy atom. The first-order valence-corrected chi connectivity index (χ1v) is 12.4. The zero-order valence-corrected chi connectivity index (χ0v) is 19.7. The molecule has 8 nitrogen and oxygen atoms in total. The van der Waals surface area contributed by atoms with Crippen LogP contribution >= 0.6 is 11.8 Å². The van der Waals surface area contributed by atoms with Crippen LogP contribution in [0.3, 0.4) is 0 Å². The summed E-state index contributed by atoms with van der Waals surface area (Å²) in [5.41, 5.74) is 5.23. The van der Waals surface area contributed by atoms with E-state index in [1.165, 1.54) is 5.75 Å². The van der Waals surface area contributed by atoms with Gasteiger partial charge in [0.15, 0.2) is 0 Å². The number of aromatic nitrogens is 5. The molecule has 1 fully saturated rings. The van der Waals surface area contributed by atoms with E-state index < -0.39 is 0 Å². The van der Waals surface area contributed by atoms with E-state index in [0.29, 0.717) is 5.56 Å². The molecule has 0 unspecified atom stereocenters. The normalized spacial score (nSPS) is 14.6. The Morgan fingerprint density at radius 3 is 2.52 bits per heavy atom. The van der Waals surface area contributed by atoms with Gasteiger partial charge in [0.2, 0.25) is 0 Å². The van der Waals surface area contributed by atoms with Crippen molar-refractivity contribution in [2.75, 3.05) is 49.6 Å². The topological polar surface area (TPSA) is 78.3 Å². The zero-order valence-electron chi connectivity index (χ0n) is 18.8. The standard InChI is InChI=1S/C24H26N8S/c1-29-16-21(15-27-29)19-11-22(24-20(12-25)14-28-32(24)17-19)18-3-4-23(26-13-18)31-7-5-30(6-8-31)9-10-33-2/h3-4,11,13-17H,5-10H2,1-2H3. The van der Waals surface area contributed by atoms with E-state index in [4.69, 9.17) is 4.98 Å². The zero-order chi connectivity index (χ0) is 22.8.